The Balaban J connectivity index is 1.54. The minimum atomic E-state index is -0.724. The van der Waals surface area contributed by atoms with Crippen molar-refractivity contribution >= 4 is 34.4 Å². The van der Waals surface area contributed by atoms with Gasteiger partial charge in [-0.05, 0) is 38.0 Å². The number of piperidine rings is 1. The fraction of sp³-hybridized carbons (Fsp3) is 0.500. The molecule has 2 fully saturated rings. The summed E-state index contributed by atoms with van der Waals surface area (Å²) in [5, 5.41) is 2.33. The summed E-state index contributed by atoms with van der Waals surface area (Å²) >= 11 is 6.03. The predicted octanol–water partition coefficient (Wildman–Crippen LogP) is 2.75. The van der Waals surface area contributed by atoms with Crippen LogP contribution in [-0.4, -0.2) is 54.2 Å². The van der Waals surface area contributed by atoms with Gasteiger partial charge in [-0.1, -0.05) is 11.6 Å². The molecule has 1 unspecified atom stereocenters. The molecule has 31 heavy (non-hydrogen) atoms. The van der Waals surface area contributed by atoms with Crippen molar-refractivity contribution in [2.45, 2.75) is 38.3 Å². The number of rotatable bonds is 5. The number of hydrogen-bond donors (Lipinski definition) is 0. The molecule has 0 N–H and O–H groups in total. The molecular formula is C22H25ClN2O6. The average molecular weight is 449 g/mol. The van der Waals surface area contributed by atoms with E-state index in [0.29, 0.717) is 60.6 Å². The fourth-order valence-corrected chi connectivity index (χ4v) is 4.93. The second-order valence-corrected chi connectivity index (χ2v) is 8.43. The summed E-state index contributed by atoms with van der Waals surface area (Å²) in [5.74, 6) is -1.15. The highest BCUT2D eigenvalue weighted by Crippen LogP contribution is 2.44. The van der Waals surface area contributed by atoms with E-state index in [0.717, 1.165) is 0 Å². The van der Waals surface area contributed by atoms with Crippen molar-refractivity contribution in [1.29, 1.82) is 0 Å². The van der Waals surface area contributed by atoms with Crippen LogP contribution in [0.25, 0.3) is 11.0 Å². The van der Waals surface area contributed by atoms with Gasteiger partial charge < -0.3 is 9.15 Å². The molecule has 1 aromatic carbocycles. The number of likely N-dealkylation sites (tertiary alicyclic amines) is 1. The van der Waals surface area contributed by atoms with Gasteiger partial charge in [-0.2, -0.15) is 0 Å². The number of carbonyl (C=O) groups excluding carboxylic acids is 2. The number of hydrogen-bond acceptors (Lipinski definition) is 7. The quantitative estimate of drug-likeness (QED) is 0.649. The maximum atomic E-state index is 12.9. The van der Waals surface area contributed by atoms with E-state index < -0.39 is 17.4 Å². The van der Waals surface area contributed by atoms with Gasteiger partial charge in [0.15, 0.2) is 5.43 Å². The molecule has 1 spiro atoms. The van der Waals surface area contributed by atoms with Gasteiger partial charge in [0.2, 0.25) is 5.91 Å². The Labute approximate surface area is 184 Å². The molecule has 4 rings (SSSR count). The van der Waals surface area contributed by atoms with Gasteiger partial charge in [-0.3, -0.25) is 24.1 Å². The van der Waals surface area contributed by atoms with E-state index >= 15 is 0 Å². The average Bonchev–Trinajstić information content (AvgIpc) is 3.03. The van der Waals surface area contributed by atoms with E-state index in [1.807, 2.05) is 6.92 Å². The minimum absolute atomic E-state index is 0.0850. The third-order valence-corrected chi connectivity index (χ3v) is 6.56. The highest BCUT2D eigenvalue weighted by atomic mass is 35.5. The van der Waals surface area contributed by atoms with Crippen molar-refractivity contribution in [2.24, 2.45) is 5.92 Å². The standard InChI is InChI=1S/C22H25ClN2O6/c1-3-31-25-19(26)11-17(21(28)29-2)22(25)6-8-24(9-7-22)12-14-13-30-18-5-4-15(23)10-16(18)20(14)27/h4-5,10,13,17H,3,6-9,11-12H2,1-2H3. The number of amides is 1. The highest BCUT2D eigenvalue weighted by molar-refractivity contribution is 6.31. The zero-order chi connectivity index (χ0) is 22.2. The van der Waals surface area contributed by atoms with E-state index in [9.17, 15) is 14.4 Å². The first-order valence-corrected chi connectivity index (χ1v) is 10.7. The summed E-state index contributed by atoms with van der Waals surface area (Å²) in [5.41, 5.74) is 0.203. The summed E-state index contributed by atoms with van der Waals surface area (Å²) in [4.78, 5) is 45.6. The van der Waals surface area contributed by atoms with Crippen LogP contribution in [0.2, 0.25) is 5.02 Å². The molecule has 0 aliphatic carbocycles. The van der Waals surface area contributed by atoms with Crippen molar-refractivity contribution in [3.63, 3.8) is 0 Å². The third kappa shape index (κ3) is 3.84. The second-order valence-electron chi connectivity index (χ2n) is 8.00. The van der Waals surface area contributed by atoms with E-state index in [4.69, 9.17) is 25.6 Å². The van der Waals surface area contributed by atoms with Crippen molar-refractivity contribution in [3.05, 3.63) is 45.3 Å². The van der Waals surface area contributed by atoms with Crippen LogP contribution in [0.5, 0.6) is 0 Å². The largest absolute Gasteiger partial charge is 0.469 e. The Kier molecular flexibility index (Phi) is 6.05. The van der Waals surface area contributed by atoms with Gasteiger partial charge >= 0.3 is 5.97 Å². The Hall–Kier alpha value is -2.42. The molecule has 3 heterocycles. The van der Waals surface area contributed by atoms with Gasteiger partial charge in [-0.25, -0.2) is 5.06 Å². The van der Waals surface area contributed by atoms with E-state index in [1.165, 1.54) is 18.4 Å². The highest BCUT2D eigenvalue weighted by Gasteiger charge is 2.58. The van der Waals surface area contributed by atoms with Crippen LogP contribution in [-0.2, 0) is 25.7 Å². The lowest BCUT2D eigenvalue weighted by molar-refractivity contribution is -0.221. The molecule has 0 radical (unpaired) electrons. The second kappa shape index (κ2) is 8.61. The Morgan fingerprint density at radius 3 is 2.71 bits per heavy atom. The fourth-order valence-electron chi connectivity index (χ4n) is 4.76. The number of methoxy groups -OCH3 is 1. The van der Waals surface area contributed by atoms with E-state index in [-0.39, 0.29) is 17.8 Å². The molecule has 9 heteroatoms. The lowest BCUT2D eigenvalue weighted by Gasteiger charge is -2.45. The molecule has 1 atom stereocenters. The number of fused-ring (bicyclic) bond motifs is 1. The summed E-state index contributed by atoms with van der Waals surface area (Å²) in [6.07, 6.45) is 2.67. The normalized spacial score (nSPS) is 21.2. The van der Waals surface area contributed by atoms with E-state index in [1.54, 1.807) is 18.2 Å². The molecule has 1 amide bonds. The summed E-state index contributed by atoms with van der Waals surface area (Å²) in [6, 6.07) is 4.98. The summed E-state index contributed by atoms with van der Waals surface area (Å²) in [7, 11) is 1.34. The van der Waals surface area contributed by atoms with E-state index in [2.05, 4.69) is 4.90 Å². The van der Waals surface area contributed by atoms with Crippen molar-refractivity contribution in [1.82, 2.24) is 9.96 Å². The lowest BCUT2D eigenvalue weighted by Crippen LogP contribution is -2.57. The van der Waals surface area contributed by atoms with Crippen LogP contribution in [0.4, 0.5) is 0 Å². The molecule has 2 aromatic rings. The monoisotopic (exact) mass is 448 g/mol. The van der Waals surface area contributed by atoms with Crippen LogP contribution in [0.3, 0.4) is 0 Å². The number of hydroxylamine groups is 2. The van der Waals surface area contributed by atoms with Crippen molar-refractivity contribution in [2.75, 3.05) is 26.8 Å². The molecule has 2 saturated heterocycles. The molecule has 2 aliphatic rings. The number of ether oxygens (including phenoxy) is 1. The number of halogens is 1. The lowest BCUT2D eigenvalue weighted by atomic mass is 9.77. The first-order chi connectivity index (χ1) is 14.9. The SMILES string of the molecule is CCON1C(=O)CC(C(=O)OC)C12CCN(Cc1coc3ccc(Cl)cc3c1=O)CC2. The maximum absolute atomic E-state index is 12.9. The molecule has 166 valence electrons. The zero-order valence-corrected chi connectivity index (χ0v) is 18.3. The van der Waals surface area contributed by atoms with Crippen LogP contribution < -0.4 is 5.43 Å². The molecule has 2 aliphatic heterocycles. The minimum Gasteiger partial charge on any atom is -0.469 e. The molecule has 1 aromatic heterocycles. The Morgan fingerprint density at radius 2 is 2.03 bits per heavy atom. The van der Waals surface area contributed by atoms with Gasteiger partial charge in [0, 0.05) is 36.6 Å². The predicted molar refractivity (Wildman–Crippen MR) is 113 cm³/mol. The summed E-state index contributed by atoms with van der Waals surface area (Å²) < 4.78 is 10.6. The summed E-state index contributed by atoms with van der Waals surface area (Å²) in [6.45, 7) is 3.75. The van der Waals surface area contributed by atoms with Crippen LogP contribution in [0, 0.1) is 5.92 Å². The van der Waals surface area contributed by atoms with Gasteiger partial charge in [0.1, 0.15) is 5.58 Å². The first-order valence-electron chi connectivity index (χ1n) is 10.4. The zero-order valence-electron chi connectivity index (χ0n) is 17.6. The maximum Gasteiger partial charge on any atom is 0.311 e. The van der Waals surface area contributed by atoms with Crippen LogP contribution >= 0.6 is 11.6 Å². The van der Waals surface area contributed by atoms with Crippen molar-refractivity contribution in [3.8, 4) is 0 Å². The molecule has 0 bridgehead atoms. The number of benzene rings is 1. The number of esters is 1. The first kappa shape index (κ1) is 21.8. The smallest absolute Gasteiger partial charge is 0.311 e. The molecule has 8 nitrogen and oxygen atoms in total. The Morgan fingerprint density at radius 1 is 1.29 bits per heavy atom. The van der Waals surface area contributed by atoms with Crippen LogP contribution in [0.1, 0.15) is 31.7 Å². The van der Waals surface area contributed by atoms with Crippen LogP contribution in [0.15, 0.2) is 33.7 Å². The number of carbonyl (C=O) groups is 2. The van der Waals surface area contributed by atoms with Gasteiger partial charge in [-0.15, -0.1) is 0 Å². The third-order valence-electron chi connectivity index (χ3n) is 6.32. The Bertz CT molecular complexity index is 1060. The molecular weight excluding hydrogens is 424 g/mol. The van der Waals surface area contributed by atoms with Crippen molar-refractivity contribution < 1.29 is 23.6 Å². The number of nitrogens with zero attached hydrogens (tertiary/aromatic N) is 2. The topological polar surface area (TPSA) is 89.3 Å². The van der Waals surface area contributed by atoms with Gasteiger partial charge in [0.25, 0.3) is 0 Å². The molecule has 0 saturated carbocycles. The van der Waals surface area contributed by atoms with Gasteiger partial charge in [0.05, 0.1) is 36.8 Å².